The predicted octanol–water partition coefficient (Wildman–Crippen LogP) is 4.20. The average molecular weight is 503 g/mol. The van der Waals surface area contributed by atoms with Gasteiger partial charge in [-0.3, -0.25) is 0 Å². The number of anilines is 1. The molecule has 0 spiro atoms. The number of guanidine groups is 1. The zero-order valence-corrected chi connectivity index (χ0v) is 19.4. The van der Waals surface area contributed by atoms with Crippen molar-refractivity contribution < 1.29 is 4.52 Å². The topological polar surface area (TPSA) is 65.7 Å². The van der Waals surface area contributed by atoms with Gasteiger partial charge in [0, 0.05) is 31.7 Å². The van der Waals surface area contributed by atoms with E-state index >= 15 is 0 Å². The molecule has 6 nitrogen and oxygen atoms in total. The molecule has 0 aromatic carbocycles. The van der Waals surface area contributed by atoms with Crippen molar-refractivity contribution in [2.24, 2.45) is 4.99 Å². The number of aliphatic imine (C=N–C) groups is 1. The molecule has 8 heteroatoms. The van der Waals surface area contributed by atoms with Gasteiger partial charge in [-0.1, -0.05) is 19.0 Å². The first-order valence-electron chi connectivity index (χ1n) is 9.44. The van der Waals surface area contributed by atoms with E-state index in [4.69, 9.17) is 4.52 Å². The molecule has 1 aliphatic rings. The SMILES string of the molecule is CCNC(=NCc1cc(C(C)C)no1)NC1CCN(c2cccs2)CC1.I. The summed E-state index contributed by atoms with van der Waals surface area (Å²) in [6.45, 7) is 9.81. The fraction of sp³-hybridized carbons (Fsp3) is 0.579. The highest BCUT2D eigenvalue weighted by molar-refractivity contribution is 14.0. The van der Waals surface area contributed by atoms with Crippen LogP contribution in [0.5, 0.6) is 0 Å². The van der Waals surface area contributed by atoms with E-state index in [9.17, 15) is 0 Å². The quantitative estimate of drug-likeness (QED) is 0.352. The van der Waals surface area contributed by atoms with E-state index in [1.54, 1.807) is 0 Å². The number of aromatic nitrogens is 1. The predicted molar refractivity (Wildman–Crippen MR) is 124 cm³/mol. The maximum absolute atomic E-state index is 5.38. The van der Waals surface area contributed by atoms with Gasteiger partial charge in [-0.25, -0.2) is 4.99 Å². The smallest absolute Gasteiger partial charge is 0.191 e. The van der Waals surface area contributed by atoms with Crippen molar-refractivity contribution in [1.82, 2.24) is 15.8 Å². The number of rotatable bonds is 6. The molecule has 0 saturated carbocycles. The standard InChI is InChI=1S/C19H29N5OS.HI/c1-4-20-19(21-13-16-12-17(14(2)3)23-25-16)22-15-7-9-24(10-8-15)18-6-5-11-26-18;/h5-6,11-12,14-15H,4,7-10,13H2,1-3H3,(H2,20,21,22);1H. The molecule has 2 N–H and O–H groups in total. The van der Waals surface area contributed by atoms with Crippen LogP contribution in [0.15, 0.2) is 33.1 Å². The van der Waals surface area contributed by atoms with Gasteiger partial charge in [-0.05, 0) is 43.2 Å². The zero-order valence-electron chi connectivity index (χ0n) is 16.3. The van der Waals surface area contributed by atoms with Gasteiger partial charge in [0.2, 0.25) is 0 Å². The monoisotopic (exact) mass is 503 g/mol. The van der Waals surface area contributed by atoms with Gasteiger partial charge in [-0.15, -0.1) is 35.3 Å². The molecule has 0 atom stereocenters. The van der Waals surface area contributed by atoms with Gasteiger partial charge in [0.25, 0.3) is 0 Å². The Labute approximate surface area is 182 Å². The van der Waals surface area contributed by atoms with Crippen LogP contribution >= 0.6 is 35.3 Å². The normalized spacial score (nSPS) is 15.7. The van der Waals surface area contributed by atoms with Gasteiger partial charge in [-0.2, -0.15) is 0 Å². The Balaban J connectivity index is 0.00000261. The van der Waals surface area contributed by atoms with Crippen molar-refractivity contribution >= 4 is 46.3 Å². The third kappa shape index (κ3) is 6.38. The first-order valence-corrected chi connectivity index (χ1v) is 10.3. The molecule has 1 aliphatic heterocycles. The summed E-state index contributed by atoms with van der Waals surface area (Å²) in [5, 5.41) is 14.5. The molecule has 0 amide bonds. The largest absolute Gasteiger partial charge is 0.363 e. The van der Waals surface area contributed by atoms with Crippen LogP contribution in [-0.2, 0) is 6.54 Å². The van der Waals surface area contributed by atoms with Crippen LogP contribution < -0.4 is 15.5 Å². The minimum atomic E-state index is 0. The first kappa shape index (κ1) is 22.0. The van der Waals surface area contributed by atoms with Gasteiger partial charge < -0.3 is 20.1 Å². The Hall–Kier alpha value is -1.29. The van der Waals surface area contributed by atoms with E-state index in [1.165, 1.54) is 5.00 Å². The van der Waals surface area contributed by atoms with E-state index in [1.807, 2.05) is 17.4 Å². The molecule has 0 radical (unpaired) electrons. The number of nitrogens with one attached hydrogen (secondary N) is 2. The molecule has 2 aromatic heterocycles. The van der Waals surface area contributed by atoms with Crippen molar-refractivity contribution in [2.45, 2.75) is 52.1 Å². The highest BCUT2D eigenvalue weighted by atomic mass is 127. The maximum atomic E-state index is 5.38. The number of halogens is 1. The number of nitrogens with zero attached hydrogens (tertiary/aromatic N) is 3. The number of piperidine rings is 1. The van der Waals surface area contributed by atoms with Crippen molar-refractivity contribution in [3.63, 3.8) is 0 Å². The number of thiophene rings is 1. The van der Waals surface area contributed by atoms with E-state index in [-0.39, 0.29) is 24.0 Å². The third-order valence-electron chi connectivity index (χ3n) is 4.56. The number of hydrogen-bond donors (Lipinski definition) is 2. The lowest BCUT2D eigenvalue weighted by atomic mass is 10.1. The fourth-order valence-electron chi connectivity index (χ4n) is 3.04. The molecule has 0 unspecified atom stereocenters. The molecule has 3 rings (SSSR count). The lowest BCUT2D eigenvalue weighted by molar-refractivity contribution is 0.376. The molecule has 2 aromatic rings. The lowest BCUT2D eigenvalue weighted by Crippen LogP contribution is -2.48. The summed E-state index contributed by atoms with van der Waals surface area (Å²) in [5.41, 5.74) is 0.981. The maximum Gasteiger partial charge on any atom is 0.191 e. The van der Waals surface area contributed by atoms with E-state index < -0.39 is 0 Å². The fourth-order valence-corrected chi connectivity index (χ4v) is 3.83. The van der Waals surface area contributed by atoms with E-state index in [2.05, 4.69) is 64.0 Å². The second-order valence-corrected chi connectivity index (χ2v) is 7.85. The van der Waals surface area contributed by atoms with Gasteiger partial charge in [0.05, 0.1) is 10.7 Å². The van der Waals surface area contributed by atoms with Crippen molar-refractivity contribution in [1.29, 1.82) is 0 Å². The molecule has 1 saturated heterocycles. The molecular weight excluding hydrogens is 473 g/mol. The molecule has 150 valence electrons. The summed E-state index contributed by atoms with van der Waals surface area (Å²) in [6, 6.07) is 6.77. The molecule has 1 fully saturated rings. The van der Waals surface area contributed by atoms with Gasteiger partial charge >= 0.3 is 0 Å². The Kier molecular flexibility index (Phi) is 8.88. The Bertz CT molecular complexity index is 693. The van der Waals surface area contributed by atoms with Crippen molar-refractivity contribution in [3.8, 4) is 0 Å². The minimum Gasteiger partial charge on any atom is -0.363 e. The second-order valence-electron chi connectivity index (χ2n) is 6.92. The molecule has 0 aliphatic carbocycles. The zero-order chi connectivity index (χ0) is 18.4. The van der Waals surface area contributed by atoms with Crippen molar-refractivity contribution in [2.75, 3.05) is 24.5 Å². The van der Waals surface area contributed by atoms with Crippen LogP contribution in [0.4, 0.5) is 5.00 Å². The van der Waals surface area contributed by atoms with Gasteiger partial charge in [0.1, 0.15) is 6.54 Å². The first-order chi connectivity index (χ1) is 12.7. The molecule has 0 bridgehead atoms. The highest BCUT2D eigenvalue weighted by Crippen LogP contribution is 2.24. The van der Waals surface area contributed by atoms with E-state index in [0.717, 1.165) is 49.9 Å². The summed E-state index contributed by atoms with van der Waals surface area (Å²) in [4.78, 5) is 7.14. The van der Waals surface area contributed by atoms with Crippen LogP contribution in [-0.4, -0.2) is 36.8 Å². The van der Waals surface area contributed by atoms with Gasteiger partial charge in [0.15, 0.2) is 11.7 Å². The Morgan fingerprint density at radius 1 is 1.41 bits per heavy atom. The Morgan fingerprint density at radius 3 is 2.78 bits per heavy atom. The minimum absolute atomic E-state index is 0. The summed E-state index contributed by atoms with van der Waals surface area (Å²) in [6.07, 6.45) is 2.23. The van der Waals surface area contributed by atoms with E-state index in [0.29, 0.717) is 18.5 Å². The lowest BCUT2D eigenvalue weighted by Gasteiger charge is -2.33. The second kappa shape index (κ2) is 10.9. The summed E-state index contributed by atoms with van der Waals surface area (Å²) in [5.74, 6) is 2.03. The van der Waals surface area contributed by atoms with Crippen LogP contribution in [0.2, 0.25) is 0 Å². The number of hydrogen-bond acceptors (Lipinski definition) is 5. The van der Waals surface area contributed by atoms with Crippen LogP contribution in [0.25, 0.3) is 0 Å². The summed E-state index contributed by atoms with van der Waals surface area (Å²) in [7, 11) is 0. The Morgan fingerprint density at radius 2 is 2.19 bits per heavy atom. The molecular formula is C19H30IN5OS. The molecule has 27 heavy (non-hydrogen) atoms. The summed E-state index contributed by atoms with van der Waals surface area (Å²) < 4.78 is 5.38. The van der Waals surface area contributed by atoms with Crippen LogP contribution in [0, 0.1) is 0 Å². The third-order valence-corrected chi connectivity index (χ3v) is 5.49. The van der Waals surface area contributed by atoms with Crippen LogP contribution in [0.1, 0.15) is 51.0 Å². The van der Waals surface area contributed by atoms with Crippen LogP contribution in [0.3, 0.4) is 0 Å². The summed E-state index contributed by atoms with van der Waals surface area (Å²) >= 11 is 1.82. The molecule has 3 heterocycles. The van der Waals surface area contributed by atoms with Crippen molar-refractivity contribution in [3.05, 3.63) is 35.0 Å². The highest BCUT2D eigenvalue weighted by Gasteiger charge is 2.20. The average Bonchev–Trinajstić information content (AvgIpc) is 3.32.